The predicted octanol–water partition coefficient (Wildman–Crippen LogP) is -3.72. The van der Waals surface area contributed by atoms with Crippen LogP contribution in [0, 0.1) is 11.3 Å². The fourth-order valence-corrected chi connectivity index (χ4v) is 4.71. The summed E-state index contributed by atoms with van der Waals surface area (Å²) in [6.45, 7) is 4.95. The average molecular weight is 706 g/mol. The first-order valence-corrected chi connectivity index (χ1v) is 16.8. The predicted molar refractivity (Wildman–Crippen MR) is 193 cm³/mol. The minimum Gasteiger partial charge on any atom is -0.384 e. The SMILES string of the molecule is CC(C)[C@H](NN[C@@H](CCCNC(N)N)C(=O)NCc1ccc(C(=N)N)cc1)C(=O)N[C@@H](CCCNC(N)N)C(=O)C(=O)CCCCN=C(N)N. The third-order valence-electron chi connectivity index (χ3n) is 7.52. The Bertz CT molecular complexity index is 1240. The number of aliphatic imine (C=N–C) groups is 1. The number of unbranched alkanes of at least 4 members (excludes halogenated alkanes) is 1. The molecule has 2 amide bonds. The molecule has 1 aromatic rings. The maximum Gasteiger partial charge on any atom is 0.239 e. The van der Waals surface area contributed by atoms with E-state index in [-0.39, 0.29) is 43.0 Å². The van der Waals surface area contributed by atoms with Gasteiger partial charge < -0.3 is 50.8 Å². The highest BCUT2D eigenvalue weighted by atomic mass is 16.2. The van der Waals surface area contributed by atoms with E-state index in [9.17, 15) is 19.2 Å². The van der Waals surface area contributed by atoms with Crippen LogP contribution in [-0.4, -0.2) is 85.5 Å². The Labute approximate surface area is 293 Å². The van der Waals surface area contributed by atoms with E-state index < -0.39 is 48.2 Å². The van der Waals surface area contributed by atoms with Gasteiger partial charge in [-0.15, -0.1) is 0 Å². The van der Waals surface area contributed by atoms with Crippen LogP contribution < -0.4 is 72.3 Å². The molecule has 19 nitrogen and oxygen atoms in total. The first-order valence-electron chi connectivity index (χ1n) is 16.8. The number of rotatable bonds is 27. The van der Waals surface area contributed by atoms with Crippen LogP contribution in [0.4, 0.5) is 0 Å². The molecule has 0 aliphatic heterocycles. The van der Waals surface area contributed by atoms with Crippen molar-refractivity contribution in [2.24, 2.45) is 51.0 Å². The van der Waals surface area contributed by atoms with Gasteiger partial charge >= 0.3 is 0 Å². The van der Waals surface area contributed by atoms with E-state index >= 15 is 0 Å². The molecule has 0 bridgehead atoms. The fourth-order valence-electron chi connectivity index (χ4n) is 4.71. The van der Waals surface area contributed by atoms with Gasteiger partial charge in [-0.05, 0) is 63.1 Å². The van der Waals surface area contributed by atoms with E-state index in [4.69, 9.17) is 45.5 Å². The summed E-state index contributed by atoms with van der Waals surface area (Å²) >= 11 is 0. The molecule has 0 unspecified atom stereocenters. The number of nitrogen functional groups attached to an aromatic ring is 1. The summed E-state index contributed by atoms with van der Waals surface area (Å²) in [5, 5.41) is 18.9. The van der Waals surface area contributed by atoms with Crippen molar-refractivity contribution in [3.63, 3.8) is 0 Å². The highest BCUT2D eigenvalue weighted by Crippen LogP contribution is 2.09. The van der Waals surface area contributed by atoms with Crippen molar-refractivity contribution < 1.29 is 19.2 Å². The van der Waals surface area contributed by atoms with Gasteiger partial charge in [-0.3, -0.25) is 40.2 Å². The van der Waals surface area contributed by atoms with Gasteiger partial charge in [0, 0.05) is 25.1 Å². The number of nitrogens with two attached hydrogens (primary N) is 7. The second kappa shape index (κ2) is 24.1. The number of guanidine groups is 1. The van der Waals surface area contributed by atoms with Crippen LogP contribution in [0.15, 0.2) is 29.3 Å². The van der Waals surface area contributed by atoms with Crippen molar-refractivity contribution in [3.8, 4) is 0 Å². The van der Waals surface area contributed by atoms with Crippen molar-refractivity contribution in [1.82, 2.24) is 32.1 Å². The van der Waals surface area contributed by atoms with E-state index in [1.807, 2.05) is 0 Å². The molecular formula is C31H59N15O4. The van der Waals surface area contributed by atoms with E-state index in [2.05, 4.69) is 37.1 Å². The summed E-state index contributed by atoms with van der Waals surface area (Å²) in [6, 6.07) is 4.16. The van der Waals surface area contributed by atoms with Crippen LogP contribution in [0.2, 0.25) is 0 Å². The highest BCUT2D eigenvalue weighted by Gasteiger charge is 2.31. The number of carbonyl (C=O) groups is 4. The minimum atomic E-state index is -1.09. The molecule has 282 valence electrons. The lowest BCUT2D eigenvalue weighted by molar-refractivity contribution is -0.139. The molecule has 0 heterocycles. The molecule has 1 aromatic carbocycles. The van der Waals surface area contributed by atoms with Crippen LogP contribution in [0.3, 0.4) is 0 Å². The Morgan fingerprint density at radius 1 is 0.780 bits per heavy atom. The van der Waals surface area contributed by atoms with Crippen LogP contribution >= 0.6 is 0 Å². The molecule has 3 atom stereocenters. The van der Waals surface area contributed by atoms with E-state index in [0.717, 1.165) is 5.56 Å². The number of ketones is 2. The van der Waals surface area contributed by atoms with Crippen LogP contribution in [0.5, 0.6) is 0 Å². The van der Waals surface area contributed by atoms with Gasteiger partial charge in [0.2, 0.25) is 23.4 Å². The Balaban J connectivity index is 3.00. The van der Waals surface area contributed by atoms with Gasteiger partial charge in [-0.2, -0.15) is 0 Å². The Morgan fingerprint density at radius 2 is 1.36 bits per heavy atom. The van der Waals surface area contributed by atoms with Gasteiger partial charge in [0.25, 0.3) is 0 Å². The number of hydrogen-bond acceptors (Lipinski definition) is 14. The number of nitrogens with zero attached hydrogens (tertiary/aromatic N) is 1. The third-order valence-corrected chi connectivity index (χ3v) is 7.52. The zero-order valence-corrected chi connectivity index (χ0v) is 29.2. The normalized spacial score (nSPS) is 13.1. The summed E-state index contributed by atoms with van der Waals surface area (Å²) in [4.78, 5) is 56.8. The van der Waals surface area contributed by atoms with Gasteiger partial charge in [-0.1, -0.05) is 38.1 Å². The first kappa shape index (κ1) is 43.9. The van der Waals surface area contributed by atoms with Gasteiger partial charge in [-0.25, -0.2) is 10.9 Å². The number of carbonyl (C=O) groups excluding carboxylic acids is 4. The largest absolute Gasteiger partial charge is 0.384 e. The molecule has 50 heavy (non-hydrogen) atoms. The number of benzene rings is 1. The summed E-state index contributed by atoms with van der Waals surface area (Å²) in [5.41, 5.74) is 45.7. The zero-order chi connectivity index (χ0) is 37.6. The molecular weight excluding hydrogens is 646 g/mol. The number of amidine groups is 1. The Kier molecular flexibility index (Phi) is 21.2. The van der Waals surface area contributed by atoms with Crippen molar-refractivity contribution in [1.29, 1.82) is 5.41 Å². The quantitative estimate of drug-likeness (QED) is 0.0104. The molecule has 0 aliphatic rings. The highest BCUT2D eigenvalue weighted by molar-refractivity contribution is 6.39. The minimum absolute atomic E-state index is 0.0217. The molecule has 0 saturated heterocycles. The average Bonchev–Trinajstić information content (AvgIpc) is 3.05. The Morgan fingerprint density at radius 3 is 1.88 bits per heavy atom. The smallest absolute Gasteiger partial charge is 0.239 e. The number of nitrogens with one attached hydrogen (secondary N) is 7. The molecule has 0 radical (unpaired) electrons. The van der Waals surface area contributed by atoms with Crippen molar-refractivity contribution in [2.45, 2.75) is 96.0 Å². The van der Waals surface area contributed by atoms with Crippen molar-refractivity contribution in [3.05, 3.63) is 35.4 Å². The van der Waals surface area contributed by atoms with E-state index in [1.54, 1.807) is 38.1 Å². The first-order chi connectivity index (χ1) is 23.6. The number of amides is 2. The van der Waals surface area contributed by atoms with Gasteiger partial charge in [0.05, 0.1) is 12.1 Å². The monoisotopic (exact) mass is 705 g/mol. The zero-order valence-electron chi connectivity index (χ0n) is 29.2. The number of hydrogen-bond donors (Lipinski definition) is 14. The number of hydrazine groups is 1. The fraction of sp³-hybridized carbons (Fsp3) is 0.613. The van der Waals surface area contributed by atoms with Gasteiger partial charge in [0.1, 0.15) is 24.5 Å². The molecule has 0 fully saturated rings. The Hall–Kier alpha value is -4.08. The lowest BCUT2D eigenvalue weighted by Gasteiger charge is -2.28. The van der Waals surface area contributed by atoms with Crippen LogP contribution in [0.1, 0.15) is 69.9 Å². The topological polar surface area (TPSA) is 359 Å². The third kappa shape index (κ3) is 18.6. The second-order valence-corrected chi connectivity index (χ2v) is 12.2. The van der Waals surface area contributed by atoms with Crippen LogP contribution in [0.25, 0.3) is 0 Å². The maximum atomic E-state index is 13.6. The van der Waals surface area contributed by atoms with E-state index in [0.29, 0.717) is 57.3 Å². The summed E-state index contributed by atoms with van der Waals surface area (Å²) < 4.78 is 0. The summed E-state index contributed by atoms with van der Waals surface area (Å²) in [5.74, 6) is -2.60. The summed E-state index contributed by atoms with van der Waals surface area (Å²) in [7, 11) is 0. The molecule has 19 heteroatoms. The molecule has 1 rings (SSSR count). The van der Waals surface area contributed by atoms with Crippen molar-refractivity contribution >= 4 is 35.2 Å². The molecule has 0 aromatic heterocycles. The molecule has 0 spiro atoms. The number of Topliss-reactive ketones (excluding diaryl/α,β-unsaturated/α-hetero) is 2. The molecule has 0 saturated carbocycles. The lowest BCUT2D eigenvalue weighted by atomic mass is 9.98. The maximum absolute atomic E-state index is 13.6. The second-order valence-electron chi connectivity index (χ2n) is 12.2. The molecule has 0 aliphatic carbocycles. The molecule has 21 N–H and O–H groups in total. The van der Waals surface area contributed by atoms with Crippen LogP contribution in [-0.2, 0) is 25.7 Å². The lowest BCUT2D eigenvalue weighted by Crippen LogP contribution is -2.60. The van der Waals surface area contributed by atoms with Gasteiger partial charge in [0.15, 0.2) is 5.96 Å². The van der Waals surface area contributed by atoms with E-state index in [1.165, 1.54) is 0 Å². The van der Waals surface area contributed by atoms with Crippen molar-refractivity contribution in [2.75, 3.05) is 19.6 Å². The summed E-state index contributed by atoms with van der Waals surface area (Å²) in [6.07, 6.45) is 0.846. The standard InChI is InChI=1S/C31H59N15O4/c1-18(2)24(28(50)44-21(7-5-15-41-30(36)37)25(48)23(47)9-3-4-14-40-29(34)35)46-45-22(8-6-16-42-31(38)39)27(49)43-17-19-10-12-20(13-11-19)26(32)33/h10-13,18,21-22,24,30-31,41-42,45-46H,3-9,14-17,36-39H2,1-2H3,(H3,32,33)(H,43,49)(H,44,50)(H4,34,35,40)/t21-,22-,24-/m0/s1.